The van der Waals surface area contributed by atoms with Gasteiger partial charge in [-0.25, -0.2) is 0 Å². The summed E-state index contributed by atoms with van der Waals surface area (Å²) in [5, 5.41) is 3.40. The van der Waals surface area contributed by atoms with E-state index in [1.54, 1.807) is 0 Å². The van der Waals surface area contributed by atoms with Gasteiger partial charge in [0.05, 0.1) is 0 Å². The molecular weight excluding hydrogens is 174 g/mol. The molecule has 1 aromatic rings. The van der Waals surface area contributed by atoms with E-state index in [2.05, 4.69) is 23.3 Å². The highest BCUT2D eigenvalue weighted by Gasteiger charge is 2.05. The molecule has 0 saturated heterocycles. The van der Waals surface area contributed by atoms with E-state index in [0.29, 0.717) is 12.6 Å². The van der Waals surface area contributed by atoms with Gasteiger partial charge in [0.25, 0.3) is 0 Å². The largest absolute Gasteiger partial charge is 0.329 e. The number of aromatic nitrogens is 1. The second kappa shape index (κ2) is 6.51. The van der Waals surface area contributed by atoms with Gasteiger partial charge in [-0.3, -0.25) is 4.98 Å². The second-order valence-corrected chi connectivity index (χ2v) is 3.37. The minimum atomic E-state index is 0.494. The van der Waals surface area contributed by atoms with Gasteiger partial charge >= 0.3 is 0 Å². The lowest BCUT2D eigenvalue weighted by atomic mass is 10.1. The van der Waals surface area contributed by atoms with Crippen molar-refractivity contribution in [3.63, 3.8) is 0 Å². The van der Waals surface area contributed by atoms with Crippen molar-refractivity contribution < 1.29 is 0 Å². The smallest absolute Gasteiger partial charge is 0.0419 e. The Labute approximate surface area is 85.7 Å². The summed E-state index contributed by atoms with van der Waals surface area (Å²) in [5.74, 6) is 0. The highest BCUT2D eigenvalue weighted by Crippen LogP contribution is 2.01. The number of hydrogen-bond donors (Lipinski definition) is 2. The minimum absolute atomic E-state index is 0.494. The molecule has 3 N–H and O–H groups in total. The van der Waals surface area contributed by atoms with E-state index in [9.17, 15) is 0 Å². The van der Waals surface area contributed by atoms with Gasteiger partial charge in [-0.05, 0) is 18.6 Å². The lowest BCUT2D eigenvalue weighted by Gasteiger charge is -2.15. The molecule has 0 aliphatic rings. The number of nitrogens with one attached hydrogen (secondary N) is 1. The van der Waals surface area contributed by atoms with Gasteiger partial charge in [0.1, 0.15) is 0 Å². The van der Waals surface area contributed by atoms with Crippen LogP contribution in [-0.4, -0.2) is 24.1 Å². The quantitative estimate of drug-likeness (QED) is 0.707. The van der Waals surface area contributed by atoms with Gasteiger partial charge in [-0.1, -0.05) is 13.0 Å². The van der Waals surface area contributed by atoms with Crippen molar-refractivity contribution in [2.24, 2.45) is 5.73 Å². The average Bonchev–Trinajstić information content (AvgIpc) is 2.25. The molecular formula is C11H19N3. The Morgan fingerprint density at radius 3 is 2.93 bits per heavy atom. The fourth-order valence-electron chi connectivity index (χ4n) is 1.42. The number of pyridine rings is 1. The van der Waals surface area contributed by atoms with Crippen LogP contribution in [0.5, 0.6) is 0 Å². The normalized spacial score (nSPS) is 12.7. The molecule has 0 radical (unpaired) electrons. The topological polar surface area (TPSA) is 50.9 Å². The monoisotopic (exact) mass is 193 g/mol. The molecule has 1 atom stereocenters. The molecule has 0 spiro atoms. The maximum Gasteiger partial charge on any atom is 0.0419 e. The first-order chi connectivity index (χ1) is 6.86. The summed E-state index contributed by atoms with van der Waals surface area (Å²) in [7, 11) is 0. The van der Waals surface area contributed by atoms with Crippen molar-refractivity contribution in [1.82, 2.24) is 10.3 Å². The molecule has 14 heavy (non-hydrogen) atoms. The molecule has 0 fully saturated rings. The third-order valence-electron chi connectivity index (χ3n) is 2.25. The third-order valence-corrected chi connectivity index (χ3v) is 2.25. The highest BCUT2D eigenvalue weighted by molar-refractivity contribution is 5.05. The Bertz CT molecular complexity index is 236. The zero-order chi connectivity index (χ0) is 10.2. The summed E-state index contributed by atoms with van der Waals surface area (Å²) >= 11 is 0. The summed E-state index contributed by atoms with van der Waals surface area (Å²) in [4.78, 5) is 4.30. The van der Waals surface area contributed by atoms with Gasteiger partial charge in [-0.15, -0.1) is 0 Å². The fourth-order valence-corrected chi connectivity index (χ4v) is 1.42. The van der Waals surface area contributed by atoms with Crippen molar-refractivity contribution >= 4 is 0 Å². The zero-order valence-corrected chi connectivity index (χ0v) is 8.74. The van der Waals surface area contributed by atoms with Crippen LogP contribution in [0.25, 0.3) is 0 Å². The van der Waals surface area contributed by atoms with Gasteiger partial charge in [0.2, 0.25) is 0 Å². The molecule has 0 aliphatic heterocycles. The van der Waals surface area contributed by atoms with Crippen LogP contribution < -0.4 is 11.1 Å². The van der Waals surface area contributed by atoms with Crippen molar-refractivity contribution in [2.45, 2.75) is 25.8 Å². The predicted molar refractivity (Wildman–Crippen MR) is 59.1 cm³/mol. The van der Waals surface area contributed by atoms with Crippen LogP contribution in [-0.2, 0) is 6.42 Å². The fraction of sp³-hybridized carbons (Fsp3) is 0.545. The van der Waals surface area contributed by atoms with Crippen LogP contribution in [0.1, 0.15) is 19.0 Å². The van der Waals surface area contributed by atoms with E-state index in [0.717, 1.165) is 25.1 Å². The van der Waals surface area contributed by atoms with Crippen LogP contribution in [0.2, 0.25) is 0 Å². The molecule has 0 bridgehead atoms. The molecule has 0 saturated carbocycles. The molecule has 1 unspecified atom stereocenters. The maximum atomic E-state index is 5.45. The Balaban J connectivity index is 2.40. The number of rotatable bonds is 6. The highest BCUT2D eigenvalue weighted by atomic mass is 14.9. The first-order valence-electron chi connectivity index (χ1n) is 5.20. The first-order valence-corrected chi connectivity index (χ1v) is 5.20. The van der Waals surface area contributed by atoms with E-state index in [1.165, 1.54) is 0 Å². The molecule has 0 aliphatic carbocycles. The van der Waals surface area contributed by atoms with Crippen molar-refractivity contribution in [3.8, 4) is 0 Å². The van der Waals surface area contributed by atoms with E-state index >= 15 is 0 Å². The van der Waals surface area contributed by atoms with Gasteiger partial charge in [0.15, 0.2) is 0 Å². The summed E-state index contributed by atoms with van der Waals surface area (Å²) in [6, 6.07) is 6.52. The lowest BCUT2D eigenvalue weighted by molar-refractivity contribution is 0.497. The zero-order valence-electron chi connectivity index (χ0n) is 8.74. The van der Waals surface area contributed by atoms with E-state index in [-0.39, 0.29) is 0 Å². The summed E-state index contributed by atoms with van der Waals surface area (Å²) in [5.41, 5.74) is 6.59. The van der Waals surface area contributed by atoms with Crippen LogP contribution in [0.4, 0.5) is 0 Å². The van der Waals surface area contributed by atoms with E-state index in [1.807, 2.05) is 18.3 Å². The Morgan fingerprint density at radius 2 is 2.36 bits per heavy atom. The average molecular weight is 193 g/mol. The molecule has 3 heteroatoms. The first kappa shape index (κ1) is 11.1. The SMILES string of the molecule is CCC(Cc1ccccn1)NCCN. The number of nitrogens with two attached hydrogens (primary N) is 1. The lowest BCUT2D eigenvalue weighted by Crippen LogP contribution is -2.34. The minimum Gasteiger partial charge on any atom is -0.329 e. The molecule has 1 rings (SSSR count). The van der Waals surface area contributed by atoms with Crippen LogP contribution in [0, 0.1) is 0 Å². The molecule has 0 amide bonds. The van der Waals surface area contributed by atoms with Crippen molar-refractivity contribution in [1.29, 1.82) is 0 Å². The summed E-state index contributed by atoms with van der Waals surface area (Å²) in [6.07, 6.45) is 3.93. The van der Waals surface area contributed by atoms with Crippen LogP contribution >= 0.6 is 0 Å². The van der Waals surface area contributed by atoms with Crippen molar-refractivity contribution in [3.05, 3.63) is 30.1 Å². The van der Waals surface area contributed by atoms with Gasteiger partial charge in [-0.2, -0.15) is 0 Å². The molecule has 1 aromatic heterocycles. The molecule has 78 valence electrons. The van der Waals surface area contributed by atoms with Crippen LogP contribution in [0.15, 0.2) is 24.4 Å². The third kappa shape index (κ3) is 3.85. The van der Waals surface area contributed by atoms with Crippen LogP contribution in [0.3, 0.4) is 0 Å². The van der Waals surface area contributed by atoms with Gasteiger partial charge < -0.3 is 11.1 Å². The van der Waals surface area contributed by atoms with E-state index in [4.69, 9.17) is 5.73 Å². The molecule has 0 aromatic carbocycles. The Morgan fingerprint density at radius 1 is 1.50 bits per heavy atom. The molecule has 3 nitrogen and oxygen atoms in total. The van der Waals surface area contributed by atoms with Gasteiger partial charge in [0, 0.05) is 37.4 Å². The summed E-state index contributed by atoms with van der Waals surface area (Å²) < 4.78 is 0. The second-order valence-electron chi connectivity index (χ2n) is 3.37. The Hall–Kier alpha value is -0.930. The number of nitrogens with zero attached hydrogens (tertiary/aromatic N) is 1. The van der Waals surface area contributed by atoms with Crippen molar-refractivity contribution in [2.75, 3.05) is 13.1 Å². The maximum absolute atomic E-state index is 5.45. The van der Waals surface area contributed by atoms with E-state index < -0.39 is 0 Å². The number of hydrogen-bond acceptors (Lipinski definition) is 3. The Kier molecular flexibility index (Phi) is 5.19. The standard InChI is InChI=1S/C11H19N3/c1-2-10(14-8-6-12)9-11-5-3-4-7-13-11/h3-5,7,10,14H,2,6,8-9,12H2,1H3. The molecule has 1 heterocycles. The summed E-state index contributed by atoms with van der Waals surface area (Å²) in [6.45, 7) is 3.75. The predicted octanol–water partition coefficient (Wildman–Crippen LogP) is 0.951.